The van der Waals surface area contributed by atoms with Crippen LogP contribution in [0.1, 0.15) is 22.8 Å². The zero-order chi connectivity index (χ0) is 13.8. The van der Waals surface area contributed by atoms with Gasteiger partial charge in [0.15, 0.2) is 0 Å². The summed E-state index contributed by atoms with van der Waals surface area (Å²) in [5.41, 5.74) is 4.51. The molecule has 0 radical (unpaired) electrons. The summed E-state index contributed by atoms with van der Waals surface area (Å²) in [6, 6.07) is 16.4. The van der Waals surface area contributed by atoms with Crippen LogP contribution in [0.2, 0.25) is 0 Å². The highest BCUT2D eigenvalue weighted by Gasteiger charge is 2.08. The van der Waals surface area contributed by atoms with Crippen LogP contribution in [-0.4, -0.2) is 19.2 Å². The van der Waals surface area contributed by atoms with Gasteiger partial charge >= 0.3 is 0 Å². The predicted octanol–water partition coefficient (Wildman–Crippen LogP) is 3.34. The summed E-state index contributed by atoms with van der Waals surface area (Å²) < 4.78 is 0. The zero-order valence-corrected chi connectivity index (χ0v) is 11.8. The van der Waals surface area contributed by atoms with Crippen molar-refractivity contribution >= 4 is 5.69 Å². The monoisotopic (exact) mass is 255 g/mol. The number of aliphatic hydroxyl groups is 1. The Labute approximate surface area is 115 Å². The van der Waals surface area contributed by atoms with Crippen LogP contribution in [0.4, 0.5) is 5.69 Å². The molecule has 2 heteroatoms. The van der Waals surface area contributed by atoms with Crippen LogP contribution in [0, 0.1) is 6.92 Å². The van der Waals surface area contributed by atoms with Gasteiger partial charge in [-0.1, -0.05) is 42.0 Å². The Kier molecular flexibility index (Phi) is 4.23. The molecule has 100 valence electrons. The molecule has 1 unspecified atom stereocenters. The Hall–Kier alpha value is -1.80. The van der Waals surface area contributed by atoms with Gasteiger partial charge in [0.25, 0.3) is 0 Å². The average molecular weight is 255 g/mol. The van der Waals surface area contributed by atoms with Gasteiger partial charge in [-0.25, -0.2) is 0 Å². The molecule has 0 aliphatic carbocycles. The van der Waals surface area contributed by atoms with E-state index in [4.69, 9.17) is 0 Å². The van der Waals surface area contributed by atoms with Crippen molar-refractivity contribution < 1.29 is 5.11 Å². The molecule has 0 aromatic heterocycles. The topological polar surface area (TPSA) is 23.5 Å². The maximum Gasteiger partial charge on any atom is 0.0830 e. The Morgan fingerprint density at radius 2 is 1.53 bits per heavy atom. The maximum absolute atomic E-state index is 10.3. The highest BCUT2D eigenvalue weighted by molar-refractivity contribution is 5.46. The van der Waals surface area contributed by atoms with Crippen molar-refractivity contribution in [3.8, 4) is 0 Å². The maximum atomic E-state index is 10.3. The standard InChI is InChI=1S/C17H21NO/c1-13-4-6-14(7-5-13)12-17(19)15-8-10-16(11-9-15)18(2)3/h4-11,17,19H,12H2,1-3H3. The SMILES string of the molecule is Cc1ccc(CC(O)c2ccc(N(C)C)cc2)cc1. The minimum atomic E-state index is -0.445. The van der Waals surface area contributed by atoms with E-state index in [1.54, 1.807) is 0 Å². The molecule has 0 fully saturated rings. The molecule has 19 heavy (non-hydrogen) atoms. The molecule has 2 nitrogen and oxygen atoms in total. The molecule has 2 aromatic rings. The van der Waals surface area contributed by atoms with Gasteiger partial charge in [0.1, 0.15) is 0 Å². The van der Waals surface area contributed by atoms with Crippen LogP contribution < -0.4 is 4.90 Å². The van der Waals surface area contributed by atoms with Gasteiger partial charge in [0, 0.05) is 26.2 Å². The third-order valence-electron chi connectivity index (χ3n) is 3.34. The normalized spacial score (nSPS) is 12.2. The average Bonchev–Trinajstić information content (AvgIpc) is 2.41. The largest absolute Gasteiger partial charge is 0.388 e. The van der Waals surface area contributed by atoms with Crippen LogP contribution in [-0.2, 0) is 6.42 Å². The lowest BCUT2D eigenvalue weighted by Crippen LogP contribution is -2.09. The van der Waals surface area contributed by atoms with Crippen LogP contribution in [0.15, 0.2) is 48.5 Å². The molecule has 1 atom stereocenters. The fourth-order valence-corrected chi connectivity index (χ4v) is 2.06. The molecule has 0 saturated carbocycles. The summed E-state index contributed by atoms with van der Waals surface area (Å²) in [5, 5.41) is 10.3. The highest BCUT2D eigenvalue weighted by atomic mass is 16.3. The van der Waals surface area contributed by atoms with Gasteiger partial charge in [-0.3, -0.25) is 0 Å². The number of hydrogen-bond donors (Lipinski definition) is 1. The first kappa shape index (κ1) is 13.6. The molecule has 0 heterocycles. The first-order chi connectivity index (χ1) is 9.06. The summed E-state index contributed by atoms with van der Waals surface area (Å²) in [6.45, 7) is 2.07. The van der Waals surface area contributed by atoms with Gasteiger partial charge < -0.3 is 10.0 Å². The third kappa shape index (κ3) is 3.58. The van der Waals surface area contributed by atoms with Crippen LogP contribution in [0.5, 0.6) is 0 Å². The molecule has 1 N–H and O–H groups in total. The molecule has 0 spiro atoms. The molecule has 2 aromatic carbocycles. The van der Waals surface area contributed by atoms with Crippen LogP contribution >= 0.6 is 0 Å². The fraction of sp³-hybridized carbons (Fsp3) is 0.294. The Morgan fingerprint density at radius 3 is 2.05 bits per heavy atom. The molecule has 2 rings (SSSR count). The van der Waals surface area contributed by atoms with E-state index in [1.807, 2.05) is 38.4 Å². The summed E-state index contributed by atoms with van der Waals surface area (Å²) in [6.07, 6.45) is 0.209. The minimum absolute atomic E-state index is 0.445. The van der Waals surface area contributed by atoms with E-state index in [1.165, 1.54) is 5.56 Å². The molecule has 0 saturated heterocycles. The summed E-state index contributed by atoms with van der Waals surface area (Å²) in [5.74, 6) is 0. The van der Waals surface area contributed by atoms with Crippen molar-refractivity contribution in [1.82, 2.24) is 0 Å². The minimum Gasteiger partial charge on any atom is -0.388 e. The third-order valence-corrected chi connectivity index (χ3v) is 3.34. The van der Waals surface area contributed by atoms with Gasteiger partial charge in [0.2, 0.25) is 0 Å². The van der Waals surface area contributed by atoms with E-state index in [2.05, 4.69) is 36.1 Å². The van der Waals surface area contributed by atoms with Gasteiger partial charge in [-0.05, 0) is 30.2 Å². The van der Waals surface area contributed by atoms with Gasteiger partial charge in [0.05, 0.1) is 6.10 Å². The van der Waals surface area contributed by atoms with Crippen molar-refractivity contribution in [2.45, 2.75) is 19.4 Å². The molecular weight excluding hydrogens is 234 g/mol. The molecule has 0 aliphatic heterocycles. The summed E-state index contributed by atoms with van der Waals surface area (Å²) >= 11 is 0. The van der Waals surface area contributed by atoms with Crippen molar-refractivity contribution in [2.75, 3.05) is 19.0 Å². The van der Waals surface area contributed by atoms with Gasteiger partial charge in [-0.2, -0.15) is 0 Å². The Balaban J connectivity index is 2.07. The second kappa shape index (κ2) is 5.89. The first-order valence-electron chi connectivity index (χ1n) is 6.57. The lowest BCUT2D eigenvalue weighted by Gasteiger charge is -2.15. The Morgan fingerprint density at radius 1 is 0.947 bits per heavy atom. The second-order valence-corrected chi connectivity index (χ2v) is 5.19. The smallest absolute Gasteiger partial charge is 0.0830 e. The predicted molar refractivity (Wildman–Crippen MR) is 80.6 cm³/mol. The van der Waals surface area contributed by atoms with Gasteiger partial charge in [-0.15, -0.1) is 0 Å². The molecule has 0 aliphatic rings. The molecule has 0 amide bonds. The number of anilines is 1. The molecular formula is C17H21NO. The summed E-state index contributed by atoms with van der Waals surface area (Å²) in [4.78, 5) is 2.05. The van der Waals surface area contributed by atoms with E-state index in [9.17, 15) is 5.11 Å². The van der Waals surface area contributed by atoms with Crippen molar-refractivity contribution in [2.24, 2.45) is 0 Å². The van der Waals surface area contributed by atoms with E-state index in [0.717, 1.165) is 16.8 Å². The van der Waals surface area contributed by atoms with Crippen molar-refractivity contribution in [3.63, 3.8) is 0 Å². The number of aryl methyl sites for hydroxylation is 1. The fourth-order valence-electron chi connectivity index (χ4n) is 2.06. The first-order valence-corrected chi connectivity index (χ1v) is 6.57. The Bertz CT molecular complexity index is 514. The molecule has 0 bridgehead atoms. The van der Waals surface area contributed by atoms with E-state index >= 15 is 0 Å². The number of nitrogens with zero attached hydrogens (tertiary/aromatic N) is 1. The van der Waals surface area contributed by atoms with Crippen molar-refractivity contribution in [1.29, 1.82) is 0 Å². The van der Waals surface area contributed by atoms with Crippen molar-refractivity contribution in [3.05, 3.63) is 65.2 Å². The number of benzene rings is 2. The second-order valence-electron chi connectivity index (χ2n) is 5.19. The van der Waals surface area contributed by atoms with E-state index < -0.39 is 6.10 Å². The lowest BCUT2D eigenvalue weighted by molar-refractivity contribution is 0.178. The van der Waals surface area contributed by atoms with E-state index in [-0.39, 0.29) is 0 Å². The highest BCUT2D eigenvalue weighted by Crippen LogP contribution is 2.21. The quantitative estimate of drug-likeness (QED) is 0.905. The lowest BCUT2D eigenvalue weighted by atomic mass is 10.0. The van der Waals surface area contributed by atoms with Crippen LogP contribution in [0.3, 0.4) is 0 Å². The number of rotatable bonds is 4. The number of hydrogen-bond acceptors (Lipinski definition) is 2. The summed E-state index contributed by atoms with van der Waals surface area (Å²) in [7, 11) is 4.02. The number of aliphatic hydroxyl groups excluding tert-OH is 1. The van der Waals surface area contributed by atoms with Crippen LogP contribution in [0.25, 0.3) is 0 Å². The zero-order valence-electron chi connectivity index (χ0n) is 11.8. The van der Waals surface area contributed by atoms with E-state index in [0.29, 0.717) is 6.42 Å².